The van der Waals surface area contributed by atoms with Crippen LogP contribution < -0.4 is 15.4 Å². The summed E-state index contributed by atoms with van der Waals surface area (Å²) < 4.78 is 60.3. The third kappa shape index (κ3) is 6.07. The number of halogens is 3. The number of nitrogens with zero attached hydrogens (tertiary/aromatic N) is 3. The molecule has 0 radical (unpaired) electrons. The van der Waals surface area contributed by atoms with E-state index < -0.39 is 21.8 Å². The fourth-order valence-corrected chi connectivity index (χ4v) is 7.54. The first-order chi connectivity index (χ1) is 20.2. The third-order valence-corrected chi connectivity index (χ3v) is 9.76. The highest BCUT2D eigenvalue weighted by atomic mass is 35.5. The van der Waals surface area contributed by atoms with E-state index in [0.717, 1.165) is 0 Å². The zero-order valence-corrected chi connectivity index (χ0v) is 24.3. The Morgan fingerprint density at radius 2 is 1.86 bits per heavy atom. The second-order valence-corrected chi connectivity index (χ2v) is 13.1. The van der Waals surface area contributed by atoms with E-state index in [1.54, 1.807) is 60.2 Å². The monoisotopic (exact) mass is 627 g/mol. The van der Waals surface area contributed by atoms with E-state index in [2.05, 4.69) is 25.6 Å². The molecule has 0 unspecified atom stereocenters. The number of nitrogens with one attached hydrogen (secondary N) is 2. The molecule has 1 fully saturated rings. The van der Waals surface area contributed by atoms with Gasteiger partial charge in [0.1, 0.15) is 10.6 Å². The molecule has 0 amide bonds. The molecular weight excluding hydrogens is 604 g/mol. The Labute approximate surface area is 249 Å². The Morgan fingerprint density at radius 3 is 2.69 bits per heavy atom. The van der Waals surface area contributed by atoms with Crippen molar-refractivity contribution in [2.45, 2.75) is 29.0 Å². The molecule has 0 aliphatic carbocycles. The normalized spacial score (nSPS) is 16.8. The van der Waals surface area contributed by atoms with E-state index in [0.29, 0.717) is 45.1 Å². The zero-order valence-electron chi connectivity index (χ0n) is 21.9. The van der Waals surface area contributed by atoms with Crippen molar-refractivity contribution in [3.8, 4) is 22.2 Å². The van der Waals surface area contributed by atoms with Crippen LogP contribution in [0.15, 0.2) is 83.3 Å². The smallest absolute Gasteiger partial charge is 0.262 e. The molecule has 216 valence electrons. The highest BCUT2D eigenvalue weighted by Crippen LogP contribution is 2.38. The Bertz CT molecular complexity index is 1870. The summed E-state index contributed by atoms with van der Waals surface area (Å²) in [7, 11) is -3.71. The molecule has 6 rings (SSSR count). The number of benzene rings is 3. The van der Waals surface area contributed by atoms with Crippen molar-refractivity contribution >= 4 is 49.5 Å². The van der Waals surface area contributed by atoms with Crippen LogP contribution in [0, 0.1) is 0 Å². The summed E-state index contributed by atoms with van der Waals surface area (Å²) in [4.78, 5) is 13.8. The third-order valence-electron chi connectivity index (χ3n) is 6.77. The van der Waals surface area contributed by atoms with Crippen molar-refractivity contribution in [3.05, 3.63) is 89.0 Å². The molecule has 3 heterocycles. The molecule has 42 heavy (non-hydrogen) atoms. The van der Waals surface area contributed by atoms with Crippen LogP contribution in [0.1, 0.15) is 12.0 Å². The lowest BCUT2D eigenvalue weighted by atomic mass is 10.0. The quantitative estimate of drug-likeness (QED) is 0.199. The maximum atomic E-state index is 13.8. The summed E-state index contributed by atoms with van der Waals surface area (Å²) in [5.74, 6) is -2.02. The van der Waals surface area contributed by atoms with Gasteiger partial charge < -0.3 is 15.4 Å². The highest BCUT2D eigenvalue weighted by molar-refractivity contribution is 7.90. The molecule has 3 aromatic carbocycles. The number of hydrogen-bond acceptors (Lipinski definition) is 9. The molecule has 8 nitrogen and oxygen atoms in total. The van der Waals surface area contributed by atoms with Gasteiger partial charge in [0.15, 0.2) is 9.84 Å². The van der Waals surface area contributed by atoms with Crippen molar-refractivity contribution in [3.63, 3.8) is 0 Å². The van der Waals surface area contributed by atoms with Crippen LogP contribution in [0.3, 0.4) is 0 Å². The van der Waals surface area contributed by atoms with Gasteiger partial charge in [-0.1, -0.05) is 54.1 Å². The predicted molar refractivity (Wildman–Crippen MR) is 159 cm³/mol. The largest absolute Gasteiger partial charge is 0.437 e. The first-order valence-electron chi connectivity index (χ1n) is 13.0. The number of thiazole rings is 1. The lowest BCUT2D eigenvalue weighted by Crippen LogP contribution is -2.49. The fraction of sp³-hybridized carbons (Fsp3) is 0.207. The number of ether oxygens (including phenoxy) is 1. The van der Waals surface area contributed by atoms with Crippen molar-refractivity contribution in [2.24, 2.45) is 0 Å². The van der Waals surface area contributed by atoms with Crippen LogP contribution >= 0.6 is 22.9 Å². The number of sulfone groups is 1. The van der Waals surface area contributed by atoms with Gasteiger partial charge in [0.05, 0.1) is 33.4 Å². The molecule has 1 saturated heterocycles. The van der Waals surface area contributed by atoms with Gasteiger partial charge in [0.25, 0.3) is 5.92 Å². The summed E-state index contributed by atoms with van der Waals surface area (Å²) in [6, 6.07) is 18.3. The summed E-state index contributed by atoms with van der Waals surface area (Å²) in [5, 5.41) is 7.32. The SMILES string of the molecule is O=S(=O)(Cc1cccc2c(Oc3ncsc3-c3ccnc(N[C@@H]4CNCC(F)(F)C4)n3)cccc12)c1ccccc1Cl. The van der Waals surface area contributed by atoms with Gasteiger partial charge in [-0.25, -0.2) is 32.2 Å². The van der Waals surface area contributed by atoms with E-state index in [-0.39, 0.29) is 34.6 Å². The van der Waals surface area contributed by atoms with Crippen molar-refractivity contribution < 1.29 is 21.9 Å². The number of aromatic nitrogens is 3. The van der Waals surface area contributed by atoms with Gasteiger partial charge in [-0.2, -0.15) is 0 Å². The lowest BCUT2D eigenvalue weighted by Gasteiger charge is -2.30. The first kappa shape index (κ1) is 28.4. The minimum absolute atomic E-state index is 0.0790. The molecule has 0 bridgehead atoms. The molecule has 1 atom stereocenters. The van der Waals surface area contributed by atoms with E-state index >= 15 is 0 Å². The van der Waals surface area contributed by atoms with Gasteiger partial charge in [-0.05, 0) is 35.2 Å². The number of anilines is 1. The highest BCUT2D eigenvalue weighted by Gasteiger charge is 2.36. The average molecular weight is 628 g/mol. The first-order valence-corrected chi connectivity index (χ1v) is 15.9. The maximum absolute atomic E-state index is 13.8. The van der Waals surface area contributed by atoms with Crippen molar-refractivity contribution in [2.75, 3.05) is 18.4 Å². The number of piperidine rings is 1. The molecule has 2 aromatic heterocycles. The summed E-state index contributed by atoms with van der Waals surface area (Å²) in [6.07, 6.45) is 1.23. The average Bonchev–Trinajstić information content (AvgIpc) is 3.41. The van der Waals surface area contributed by atoms with Crippen LogP contribution in [-0.2, 0) is 15.6 Å². The van der Waals surface area contributed by atoms with Crippen LogP contribution in [0.25, 0.3) is 21.3 Å². The van der Waals surface area contributed by atoms with Gasteiger partial charge in [0, 0.05) is 30.6 Å². The van der Waals surface area contributed by atoms with Crippen LogP contribution in [-0.4, -0.2) is 48.4 Å². The zero-order chi connectivity index (χ0) is 29.3. The number of rotatable bonds is 8. The minimum Gasteiger partial charge on any atom is -0.437 e. The second kappa shape index (κ2) is 11.5. The van der Waals surface area contributed by atoms with E-state index in [9.17, 15) is 17.2 Å². The van der Waals surface area contributed by atoms with E-state index in [1.165, 1.54) is 17.4 Å². The number of alkyl halides is 2. The molecule has 5 aromatic rings. The predicted octanol–water partition coefficient (Wildman–Crippen LogP) is 6.58. The van der Waals surface area contributed by atoms with Gasteiger partial charge in [-0.3, -0.25) is 0 Å². The number of fused-ring (bicyclic) bond motifs is 1. The van der Waals surface area contributed by atoms with Gasteiger partial charge >= 0.3 is 0 Å². The second-order valence-electron chi connectivity index (χ2n) is 9.84. The maximum Gasteiger partial charge on any atom is 0.262 e. The van der Waals surface area contributed by atoms with Crippen LogP contribution in [0.5, 0.6) is 11.6 Å². The molecule has 1 aliphatic heterocycles. The Hall–Kier alpha value is -3.71. The Balaban J connectivity index is 1.27. The fourth-order valence-electron chi connectivity index (χ4n) is 4.90. The van der Waals surface area contributed by atoms with Gasteiger partial charge in [-0.15, -0.1) is 11.3 Å². The van der Waals surface area contributed by atoms with E-state index in [1.807, 2.05) is 12.1 Å². The van der Waals surface area contributed by atoms with Crippen LogP contribution in [0.4, 0.5) is 14.7 Å². The Morgan fingerprint density at radius 1 is 1.05 bits per heavy atom. The summed E-state index contributed by atoms with van der Waals surface area (Å²) in [5.41, 5.74) is 2.75. The lowest BCUT2D eigenvalue weighted by molar-refractivity contribution is -0.0244. The molecular formula is C29H24ClF2N5O3S2. The summed E-state index contributed by atoms with van der Waals surface area (Å²) >= 11 is 7.50. The van der Waals surface area contributed by atoms with E-state index in [4.69, 9.17) is 16.3 Å². The molecule has 1 aliphatic rings. The van der Waals surface area contributed by atoms with Gasteiger partial charge in [0.2, 0.25) is 11.8 Å². The molecule has 0 spiro atoms. The van der Waals surface area contributed by atoms with Crippen molar-refractivity contribution in [1.82, 2.24) is 20.3 Å². The standard InChI is InChI=1S/C29H24ClF2N5O3S2/c30-22-8-1-2-10-25(22)42(38,39)15-18-5-3-7-21-20(18)6-4-9-24(21)40-27-26(41-17-35-27)23-11-12-34-28(37-23)36-19-13-29(31,32)16-33-14-19/h1-12,17,19,33H,13-16H2,(H,34,36,37)/t19-/m0/s1. The minimum atomic E-state index is -3.71. The molecule has 0 saturated carbocycles. The summed E-state index contributed by atoms with van der Waals surface area (Å²) in [6.45, 7) is 0.0291. The molecule has 13 heteroatoms. The Kier molecular flexibility index (Phi) is 7.79. The van der Waals surface area contributed by atoms with Crippen molar-refractivity contribution in [1.29, 1.82) is 0 Å². The molecule has 2 N–H and O–H groups in total. The number of hydrogen-bond donors (Lipinski definition) is 2. The van der Waals surface area contributed by atoms with Crippen LogP contribution in [0.2, 0.25) is 5.02 Å². The topological polar surface area (TPSA) is 106 Å².